The van der Waals surface area contributed by atoms with Crippen molar-refractivity contribution >= 4 is 0 Å². The van der Waals surface area contributed by atoms with Crippen molar-refractivity contribution in [2.45, 2.75) is 44.4 Å². The number of rotatable bonds is 4. The molecule has 0 radical (unpaired) electrons. The Morgan fingerprint density at radius 2 is 2.05 bits per heavy atom. The number of nitrogens with one attached hydrogen (secondary N) is 1. The quantitative estimate of drug-likeness (QED) is 0.892. The van der Waals surface area contributed by atoms with E-state index in [0.29, 0.717) is 12.1 Å². The first kappa shape index (κ1) is 16.3. The summed E-state index contributed by atoms with van der Waals surface area (Å²) in [5.41, 5.74) is 0.122. The zero-order valence-corrected chi connectivity index (χ0v) is 12.2. The van der Waals surface area contributed by atoms with Crippen LogP contribution in [0.3, 0.4) is 0 Å². The summed E-state index contributed by atoms with van der Waals surface area (Å²) in [6, 6.07) is 7.20. The van der Waals surface area contributed by atoms with Gasteiger partial charge in [0.1, 0.15) is 0 Å². The van der Waals surface area contributed by atoms with Crippen LogP contribution in [-0.2, 0) is 5.60 Å². The maximum atomic E-state index is 12.6. The Bertz CT molecular complexity index is 469. The molecule has 5 heteroatoms. The molecule has 0 bridgehead atoms. The molecule has 118 valence electrons. The molecule has 2 unspecified atom stereocenters. The van der Waals surface area contributed by atoms with Crippen LogP contribution in [0.4, 0.5) is 13.2 Å². The second kappa shape index (κ2) is 6.36. The third-order valence-electron chi connectivity index (χ3n) is 4.28. The van der Waals surface area contributed by atoms with Crippen LogP contribution in [0.2, 0.25) is 0 Å². The minimum atomic E-state index is -4.25. The van der Waals surface area contributed by atoms with E-state index in [0.717, 1.165) is 24.9 Å². The summed E-state index contributed by atoms with van der Waals surface area (Å²) < 4.78 is 37.9. The Balaban J connectivity index is 2.28. The van der Waals surface area contributed by atoms with E-state index in [9.17, 15) is 18.3 Å². The third-order valence-corrected chi connectivity index (χ3v) is 4.28. The highest BCUT2D eigenvalue weighted by Crippen LogP contribution is 2.40. The Labute approximate surface area is 123 Å². The number of alkyl halides is 3. The van der Waals surface area contributed by atoms with Crippen molar-refractivity contribution < 1.29 is 18.3 Å². The lowest BCUT2D eigenvalue weighted by atomic mass is 9.74. The van der Waals surface area contributed by atoms with E-state index in [1.807, 2.05) is 13.0 Å². The van der Waals surface area contributed by atoms with E-state index in [-0.39, 0.29) is 12.3 Å². The van der Waals surface area contributed by atoms with Crippen LogP contribution in [0, 0.1) is 12.8 Å². The van der Waals surface area contributed by atoms with Crippen LogP contribution in [0.25, 0.3) is 0 Å². The fourth-order valence-corrected chi connectivity index (χ4v) is 3.09. The molecule has 1 aromatic carbocycles. The number of hydrogen-bond acceptors (Lipinski definition) is 2. The molecule has 0 spiro atoms. The summed E-state index contributed by atoms with van der Waals surface area (Å²) >= 11 is 0. The fraction of sp³-hybridized carbons (Fsp3) is 0.625. The zero-order chi connectivity index (χ0) is 15.5. The van der Waals surface area contributed by atoms with E-state index in [1.165, 1.54) is 0 Å². The van der Waals surface area contributed by atoms with Gasteiger partial charge in [-0.25, -0.2) is 0 Å². The van der Waals surface area contributed by atoms with Gasteiger partial charge < -0.3 is 10.4 Å². The Hall–Kier alpha value is -1.07. The van der Waals surface area contributed by atoms with E-state index < -0.39 is 18.2 Å². The molecule has 0 amide bonds. The molecule has 1 fully saturated rings. The molecule has 0 saturated carbocycles. The average molecular weight is 301 g/mol. The molecule has 21 heavy (non-hydrogen) atoms. The minimum Gasteiger partial charge on any atom is -0.385 e. The van der Waals surface area contributed by atoms with Gasteiger partial charge in [-0.1, -0.05) is 29.8 Å². The second-order valence-corrected chi connectivity index (χ2v) is 5.95. The fourth-order valence-electron chi connectivity index (χ4n) is 3.09. The monoisotopic (exact) mass is 301 g/mol. The van der Waals surface area contributed by atoms with Gasteiger partial charge in [-0.15, -0.1) is 0 Å². The van der Waals surface area contributed by atoms with Gasteiger partial charge in [0, 0.05) is 18.9 Å². The predicted molar refractivity (Wildman–Crippen MR) is 76.0 cm³/mol. The van der Waals surface area contributed by atoms with E-state index in [1.54, 1.807) is 18.2 Å². The smallest absolute Gasteiger partial charge is 0.385 e. The topological polar surface area (TPSA) is 32.3 Å². The van der Waals surface area contributed by atoms with Crippen LogP contribution in [0.1, 0.15) is 36.8 Å². The van der Waals surface area contributed by atoms with E-state index in [4.69, 9.17) is 0 Å². The average Bonchev–Trinajstić information content (AvgIpc) is 2.45. The number of aryl methyl sites for hydroxylation is 1. The van der Waals surface area contributed by atoms with Crippen LogP contribution < -0.4 is 5.32 Å². The third kappa shape index (κ3) is 4.20. The SMILES string of the molecule is Cc1cccc(C(O)(CCC(F)(F)F)C2CCCNC2)c1. The first-order chi connectivity index (χ1) is 9.81. The summed E-state index contributed by atoms with van der Waals surface area (Å²) in [5.74, 6) is -0.185. The number of piperidine rings is 1. The number of aliphatic hydroxyl groups is 1. The van der Waals surface area contributed by atoms with Gasteiger partial charge in [0.2, 0.25) is 0 Å². The lowest BCUT2D eigenvalue weighted by molar-refractivity contribution is -0.154. The molecule has 2 nitrogen and oxygen atoms in total. The highest BCUT2D eigenvalue weighted by molar-refractivity contribution is 5.28. The molecular formula is C16H22F3NO. The van der Waals surface area contributed by atoms with Crippen molar-refractivity contribution in [1.29, 1.82) is 0 Å². The predicted octanol–water partition coefficient (Wildman–Crippen LogP) is 3.52. The Kier molecular flexibility index (Phi) is 4.94. The summed E-state index contributed by atoms with van der Waals surface area (Å²) in [7, 11) is 0. The maximum Gasteiger partial charge on any atom is 0.389 e. The largest absolute Gasteiger partial charge is 0.389 e. The molecule has 1 saturated heterocycles. The van der Waals surface area contributed by atoms with Crippen molar-refractivity contribution in [2.75, 3.05) is 13.1 Å². The Morgan fingerprint density at radius 3 is 2.62 bits per heavy atom. The van der Waals surface area contributed by atoms with Crippen molar-refractivity contribution in [3.63, 3.8) is 0 Å². The van der Waals surface area contributed by atoms with Crippen LogP contribution in [0.5, 0.6) is 0 Å². The molecule has 0 aliphatic carbocycles. The van der Waals surface area contributed by atoms with Gasteiger partial charge in [-0.2, -0.15) is 13.2 Å². The van der Waals surface area contributed by atoms with E-state index >= 15 is 0 Å². The van der Waals surface area contributed by atoms with Gasteiger partial charge in [0.05, 0.1) is 5.60 Å². The molecule has 2 rings (SSSR count). The van der Waals surface area contributed by atoms with Gasteiger partial charge in [0.15, 0.2) is 0 Å². The van der Waals surface area contributed by atoms with Gasteiger partial charge in [0.25, 0.3) is 0 Å². The molecule has 1 aliphatic heterocycles. The molecule has 2 N–H and O–H groups in total. The van der Waals surface area contributed by atoms with Gasteiger partial charge >= 0.3 is 6.18 Å². The summed E-state index contributed by atoms with van der Waals surface area (Å²) in [5, 5.41) is 14.2. The van der Waals surface area contributed by atoms with Crippen LogP contribution in [-0.4, -0.2) is 24.4 Å². The summed E-state index contributed by atoms with van der Waals surface area (Å²) in [6.45, 7) is 3.30. The highest BCUT2D eigenvalue weighted by Gasteiger charge is 2.42. The molecular weight excluding hydrogens is 279 g/mol. The van der Waals surface area contributed by atoms with E-state index in [2.05, 4.69) is 5.32 Å². The zero-order valence-electron chi connectivity index (χ0n) is 12.2. The molecule has 1 aliphatic rings. The maximum absolute atomic E-state index is 12.6. The van der Waals surface area contributed by atoms with Crippen LogP contribution in [0.15, 0.2) is 24.3 Å². The van der Waals surface area contributed by atoms with Gasteiger partial charge in [-0.3, -0.25) is 0 Å². The number of benzene rings is 1. The number of hydrogen-bond donors (Lipinski definition) is 2. The Morgan fingerprint density at radius 1 is 1.29 bits per heavy atom. The molecule has 1 aromatic rings. The molecule has 1 heterocycles. The minimum absolute atomic E-state index is 0.185. The van der Waals surface area contributed by atoms with Crippen molar-refractivity contribution in [3.05, 3.63) is 35.4 Å². The number of halogens is 3. The van der Waals surface area contributed by atoms with Gasteiger partial charge in [-0.05, 0) is 38.3 Å². The van der Waals surface area contributed by atoms with Crippen molar-refractivity contribution in [3.8, 4) is 0 Å². The first-order valence-electron chi connectivity index (χ1n) is 7.38. The normalized spacial score (nSPS) is 22.8. The lowest BCUT2D eigenvalue weighted by Crippen LogP contribution is -2.44. The second-order valence-electron chi connectivity index (χ2n) is 5.95. The molecule has 2 atom stereocenters. The molecule has 0 aromatic heterocycles. The summed E-state index contributed by atoms with van der Waals surface area (Å²) in [6.07, 6.45) is -3.87. The van der Waals surface area contributed by atoms with Crippen molar-refractivity contribution in [2.24, 2.45) is 5.92 Å². The first-order valence-corrected chi connectivity index (χ1v) is 7.38. The van der Waals surface area contributed by atoms with Crippen molar-refractivity contribution in [1.82, 2.24) is 5.32 Å². The highest BCUT2D eigenvalue weighted by atomic mass is 19.4. The van der Waals surface area contributed by atoms with Crippen LogP contribution >= 0.6 is 0 Å². The lowest BCUT2D eigenvalue weighted by Gasteiger charge is -2.39. The standard InChI is InChI=1S/C16H22F3NO/c1-12-4-2-5-13(10-12)15(21,7-8-16(17,18)19)14-6-3-9-20-11-14/h2,4-5,10,14,20-21H,3,6-9,11H2,1H3. The summed E-state index contributed by atoms with van der Waals surface area (Å²) in [4.78, 5) is 0.